The molecule has 106 valence electrons. The van der Waals surface area contributed by atoms with E-state index in [0.29, 0.717) is 11.7 Å². The van der Waals surface area contributed by atoms with Crippen LogP contribution in [0.5, 0.6) is 0 Å². The lowest BCUT2D eigenvalue weighted by Crippen LogP contribution is -2.37. The van der Waals surface area contributed by atoms with Crippen molar-refractivity contribution in [2.24, 2.45) is 0 Å². The van der Waals surface area contributed by atoms with E-state index in [0.717, 1.165) is 45.6 Å². The first kappa shape index (κ1) is 14.1. The normalized spacial score (nSPS) is 16.9. The van der Waals surface area contributed by atoms with Crippen molar-refractivity contribution in [3.8, 4) is 0 Å². The molecule has 1 saturated heterocycles. The molecule has 2 heterocycles. The van der Waals surface area contributed by atoms with Gasteiger partial charge in [0.2, 0.25) is 0 Å². The topological polar surface area (TPSA) is 60.5 Å². The van der Waals surface area contributed by atoms with Crippen molar-refractivity contribution >= 4 is 5.69 Å². The van der Waals surface area contributed by atoms with Crippen molar-refractivity contribution in [2.45, 2.75) is 31.8 Å². The minimum absolute atomic E-state index is 0.0166. The zero-order chi connectivity index (χ0) is 13.7. The largest absolute Gasteiger partial charge is 0.398 e. The third-order valence-corrected chi connectivity index (χ3v) is 3.73. The van der Waals surface area contributed by atoms with Crippen LogP contribution in [-0.2, 0) is 11.3 Å². The minimum atomic E-state index is 0.0166. The van der Waals surface area contributed by atoms with E-state index in [1.165, 1.54) is 6.07 Å². The summed E-state index contributed by atoms with van der Waals surface area (Å²) < 4.78 is 7.05. The van der Waals surface area contributed by atoms with Gasteiger partial charge in [0.1, 0.15) is 0 Å². The predicted octanol–water partition coefficient (Wildman–Crippen LogP) is 0.931. The summed E-state index contributed by atoms with van der Waals surface area (Å²) in [4.78, 5) is 14.0. The number of rotatable bonds is 5. The number of aromatic nitrogens is 1. The molecule has 2 rings (SSSR count). The molecule has 0 amide bonds. The van der Waals surface area contributed by atoms with Crippen molar-refractivity contribution in [3.05, 3.63) is 28.7 Å². The maximum absolute atomic E-state index is 11.6. The van der Waals surface area contributed by atoms with Crippen molar-refractivity contribution < 1.29 is 4.74 Å². The maximum atomic E-state index is 11.6. The standard InChI is InChI=1S/C14H23N3O2/c1-16(13-5-9-19-10-6-13)7-2-8-17-11-12(15)3-4-14(17)18/h3-4,11,13H,2,5-10,15H2,1H3. The molecule has 1 aromatic heterocycles. The van der Waals surface area contributed by atoms with Crippen LogP contribution in [0.4, 0.5) is 5.69 Å². The Bertz CT molecular complexity index is 452. The second-order valence-electron chi connectivity index (χ2n) is 5.17. The number of pyridine rings is 1. The fourth-order valence-corrected chi connectivity index (χ4v) is 2.52. The summed E-state index contributed by atoms with van der Waals surface area (Å²) in [5, 5.41) is 0. The first-order chi connectivity index (χ1) is 9.16. The van der Waals surface area contributed by atoms with Crippen LogP contribution < -0.4 is 11.3 Å². The summed E-state index contributed by atoms with van der Waals surface area (Å²) in [5.74, 6) is 0. The van der Waals surface area contributed by atoms with Crippen molar-refractivity contribution in [3.63, 3.8) is 0 Å². The number of anilines is 1. The molecule has 2 N–H and O–H groups in total. The van der Waals surface area contributed by atoms with E-state index >= 15 is 0 Å². The van der Waals surface area contributed by atoms with Gasteiger partial charge in [-0.15, -0.1) is 0 Å². The number of nitrogens with two attached hydrogens (primary N) is 1. The number of hydrogen-bond acceptors (Lipinski definition) is 4. The molecule has 0 saturated carbocycles. The molecule has 1 aliphatic rings. The Labute approximate surface area is 114 Å². The van der Waals surface area contributed by atoms with Crippen LogP contribution in [0.1, 0.15) is 19.3 Å². The Hall–Kier alpha value is -1.33. The van der Waals surface area contributed by atoms with Crippen LogP contribution in [0.2, 0.25) is 0 Å². The van der Waals surface area contributed by atoms with Crippen LogP contribution in [0.25, 0.3) is 0 Å². The van der Waals surface area contributed by atoms with Crippen molar-refractivity contribution in [1.29, 1.82) is 0 Å². The lowest BCUT2D eigenvalue weighted by atomic mass is 10.1. The van der Waals surface area contributed by atoms with E-state index in [-0.39, 0.29) is 5.56 Å². The van der Waals surface area contributed by atoms with Gasteiger partial charge in [-0.2, -0.15) is 0 Å². The second kappa shape index (κ2) is 6.73. The number of aryl methyl sites for hydroxylation is 1. The Morgan fingerprint density at radius 2 is 2.16 bits per heavy atom. The molecule has 0 atom stereocenters. The van der Waals surface area contributed by atoms with Crippen LogP contribution in [-0.4, -0.2) is 42.3 Å². The summed E-state index contributed by atoms with van der Waals surface area (Å²) in [6, 6.07) is 3.79. The molecule has 0 unspecified atom stereocenters. The van der Waals surface area contributed by atoms with Gasteiger partial charge in [-0.1, -0.05) is 0 Å². The Morgan fingerprint density at radius 3 is 2.89 bits per heavy atom. The number of hydrogen-bond donors (Lipinski definition) is 1. The first-order valence-electron chi connectivity index (χ1n) is 6.91. The molecular formula is C14H23N3O2. The number of nitrogens with zero attached hydrogens (tertiary/aromatic N) is 2. The van der Waals surface area contributed by atoms with Crippen LogP contribution in [0.15, 0.2) is 23.1 Å². The highest BCUT2D eigenvalue weighted by Gasteiger charge is 2.17. The van der Waals surface area contributed by atoms with Gasteiger partial charge in [0.25, 0.3) is 5.56 Å². The molecule has 0 aromatic carbocycles. The van der Waals surface area contributed by atoms with Gasteiger partial charge in [-0.05, 0) is 38.9 Å². The third kappa shape index (κ3) is 4.08. The lowest BCUT2D eigenvalue weighted by Gasteiger charge is -2.31. The van der Waals surface area contributed by atoms with Gasteiger partial charge in [0.05, 0.1) is 0 Å². The Kier molecular flexibility index (Phi) is 4.99. The Balaban J connectivity index is 1.79. The average molecular weight is 265 g/mol. The van der Waals surface area contributed by atoms with Crippen molar-refractivity contribution in [1.82, 2.24) is 9.47 Å². The van der Waals surface area contributed by atoms with E-state index in [2.05, 4.69) is 11.9 Å². The molecule has 1 aliphatic heterocycles. The van der Waals surface area contributed by atoms with Gasteiger partial charge in [0.15, 0.2) is 0 Å². The molecule has 19 heavy (non-hydrogen) atoms. The number of ether oxygens (including phenoxy) is 1. The van der Waals surface area contributed by atoms with E-state index in [4.69, 9.17) is 10.5 Å². The minimum Gasteiger partial charge on any atom is -0.398 e. The predicted molar refractivity (Wildman–Crippen MR) is 76.2 cm³/mol. The molecule has 0 spiro atoms. The van der Waals surface area contributed by atoms with Crippen LogP contribution >= 0.6 is 0 Å². The van der Waals surface area contributed by atoms with Gasteiger partial charge in [-0.3, -0.25) is 4.79 Å². The van der Waals surface area contributed by atoms with E-state index < -0.39 is 0 Å². The van der Waals surface area contributed by atoms with E-state index in [1.807, 2.05) is 0 Å². The second-order valence-corrected chi connectivity index (χ2v) is 5.17. The lowest BCUT2D eigenvalue weighted by molar-refractivity contribution is 0.0424. The molecule has 1 aromatic rings. The fourth-order valence-electron chi connectivity index (χ4n) is 2.52. The third-order valence-electron chi connectivity index (χ3n) is 3.73. The smallest absolute Gasteiger partial charge is 0.250 e. The Morgan fingerprint density at radius 1 is 1.42 bits per heavy atom. The van der Waals surface area contributed by atoms with Crippen LogP contribution in [0.3, 0.4) is 0 Å². The zero-order valence-corrected chi connectivity index (χ0v) is 11.5. The van der Waals surface area contributed by atoms with E-state index in [1.54, 1.807) is 16.8 Å². The van der Waals surface area contributed by atoms with Crippen molar-refractivity contribution in [2.75, 3.05) is 32.5 Å². The fraction of sp³-hybridized carbons (Fsp3) is 0.643. The molecule has 0 radical (unpaired) electrons. The highest BCUT2D eigenvalue weighted by atomic mass is 16.5. The van der Waals surface area contributed by atoms with Gasteiger partial charge in [0, 0.05) is 43.8 Å². The maximum Gasteiger partial charge on any atom is 0.250 e. The molecule has 0 bridgehead atoms. The molecule has 5 nitrogen and oxygen atoms in total. The summed E-state index contributed by atoms with van der Waals surface area (Å²) >= 11 is 0. The zero-order valence-electron chi connectivity index (χ0n) is 11.5. The highest BCUT2D eigenvalue weighted by molar-refractivity contribution is 5.33. The SMILES string of the molecule is CN(CCCn1cc(N)ccc1=O)C1CCOCC1. The first-order valence-corrected chi connectivity index (χ1v) is 6.91. The summed E-state index contributed by atoms with van der Waals surface area (Å²) in [6.07, 6.45) is 4.89. The molecule has 5 heteroatoms. The highest BCUT2D eigenvalue weighted by Crippen LogP contribution is 2.12. The molecular weight excluding hydrogens is 242 g/mol. The van der Waals surface area contributed by atoms with E-state index in [9.17, 15) is 4.79 Å². The number of nitrogen functional groups attached to an aromatic ring is 1. The monoisotopic (exact) mass is 265 g/mol. The van der Waals surface area contributed by atoms with Gasteiger partial charge in [-0.25, -0.2) is 0 Å². The quantitative estimate of drug-likeness (QED) is 0.860. The average Bonchev–Trinajstić information content (AvgIpc) is 2.43. The van der Waals surface area contributed by atoms with Gasteiger partial charge >= 0.3 is 0 Å². The molecule has 0 aliphatic carbocycles. The van der Waals surface area contributed by atoms with Gasteiger partial charge < -0.3 is 19.9 Å². The molecule has 1 fully saturated rings. The summed E-state index contributed by atoms with van der Waals surface area (Å²) in [6.45, 7) is 3.44. The summed E-state index contributed by atoms with van der Waals surface area (Å²) in [5.41, 5.74) is 6.34. The van der Waals surface area contributed by atoms with Crippen LogP contribution in [0, 0.1) is 0 Å². The summed E-state index contributed by atoms with van der Waals surface area (Å²) in [7, 11) is 2.15.